The van der Waals surface area contributed by atoms with Crippen molar-refractivity contribution in [2.45, 2.75) is 13.5 Å². The maximum absolute atomic E-state index is 5.58. The summed E-state index contributed by atoms with van der Waals surface area (Å²) in [5, 5.41) is 4.34. The van der Waals surface area contributed by atoms with E-state index in [4.69, 9.17) is 4.84 Å². The van der Waals surface area contributed by atoms with E-state index in [1.807, 2.05) is 60.7 Å². The van der Waals surface area contributed by atoms with Gasteiger partial charge in [0.15, 0.2) is 0 Å². The second kappa shape index (κ2) is 7.36. The number of aromatic nitrogens is 1. The Kier molecular flexibility index (Phi) is 4.79. The van der Waals surface area contributed by atoms with Gasteiger partial charge >= 0.3 is 0 Å². The molecule has 0 amide bonds. The molecule has 0 aliphatic heterocycles. The molecule has 0 saturated heterocycles. The van der Waals surface area contributed by atoms with Gasteiger partial charge in [0.05, 0.1) is 5.69 Å². The van der Waals surface area contributed by atoms with Crippen LogP contribution in [0.25, 0.3) is 0 Å². The molecule has 3 heteroatoms. The molecule has 0 aliphatic carbocycles. The lowest BCUT2D eigenvalue weighted by Gasteiger charge is -2.07. The van der Waals surface area contributed by atoms with Gasteiger partial charge in [0.1, 0.15) is 12.3 Å². The highest BCUT2D eigenvalue weighted by Crippen LogP contribution is 2.10. The largest absolute Gasteiger partial charge is 0.390 e. The minimum absolute atomic E-state index is 0.434. The summed E-state index contributed by atoms with van der Waals surface area (Å²) in [7, 11) is 0. The summed E-state index contributed by atoms with van der Waals surface area (Å²) in [6.45, 7) is 2.50. The van der Waals surface area contributed by atoms with E-state index >= 15 is 0 Å². The van der Waals surface area contributed by atoms with Crippen LogP contribution in [0.2, 0.25) is 0 Å². The fourth-order valence-corrected chi connectivity index (χ4v) is 2.20. The highest BCUT2D eigenvalue weighted by atomic mass is 16.6. The van der Waals surface area contributed by atoms with E-state index in [0.717, 1.165) is 22.5 Å². The number of oxime groups is 1. The van der Waals surface area contributed by atoms with Crippen molar-refractivity contribution in [2.24, 2.45) is 5.16 Å². The molecular weight excluding hydrogens is 284 g/mol. The van der Waals surface area contributed by atoms with Crippen LogP contribution in [0.5, 0.6) is 0 Å². The first-order valence-electron chi connectivity index (χ1n) is 7.55. The molecular formula is C20H18N2O. The van der Waals surface area contributed by atoms with Gasteiger partial charge in [-0.05, 0) is 24.6 Å². The van der Waals surface area contributed by atoms with E-state index in [1.54, 1.807) is 6.20 Å². The van der Waals surface area contributed by atoms with Gasteiger partial charge in [-0.1, -0.05) is 71.4 Å². The zero-order valence-electron chi connectivity index (χ0n) is 13.0. The number of benzene rings is 2. The first kappa shape index (κ1) is 15.0. The molecule has 0 aliphatic rings. The summed E-state index contributed by atoms with van der Waals surface area (Å²) in [5.41, 5.74) is 4.83. The van der Waals surface area contributed by atoms with Crippen molar-refractivity contribution in [3.8, 4) is 0 Å². The average Bonchev–Trinajstić information content (AvgIpc) is 2.62. The van der Waals surface area contributed by atoms with Crippen LogP contribution in [0.3, 0.4) is 0 Å². The monoisotopic (exact) mass is 302 g/mol. The molecule has 0 unspecified atom stereocenters. The van der Waals surface area contributed by atoms with Crippen LogP contribution >= 0.6 is 0 Å². The molecule has 23 heavy (non-hydrogen) atoms. The fourth-order valence-electron chi connectivity index (χ4n) is 2.20. The van der Waals surface area contributed by atoms with Crippen LogP contribution < -0.4 is 0 Å². The summed E-state index contributed by atoms with van der Waals surface area (Å²) in [5.74, 6) is 0. The van der Waals surface area contributed by atoms with Crippen molar-refractivity contribution in [1.29, 1.82) is 0 Å². The molecule has 0 fully saturated rings. The lowest BCUT2D eigenvalue weighted by atomic mass is 10.1. The molecule has 0 saturated carbocycles. The van der Waals surface area contributed by atoms with Gasteiger partial charge in [0.25, 0.3) is 0 Å². The van der Waals surface area contributed by atoms with Crippen molar-refractivity contribution in [2.75, 3.05) is 0 Å². The smallest absolute Gasteiger partial charge is 0.142 e. The second-order valence-electron chi connectivity index (χ2n) is 5.28. The van der Waals surface area contributed by atoms with Crippen molar-refractivity contribution in [1.82, 2.24) is 4.98 Å². The Morgan fingerprint density at radius 1 is 0.913 bits per heavy atom. The molecule has 1 aromatic heterocycles. The number of nitrogens with zero attached hydrogens (tertiary/aromatic N) is 2. The third-order valence-corrected chi connectivity index (χ3v) is 3.46. The highest BCUT2D eigenvalue weighted by molar-refractivity contribution is 6.11. The first-order valence-corrected chi connectivity index (χ1v) is 7.55. The lowest BCUT2D eigenvalue weighted by Crippen LogP contribution is -2.06. The molecule has 3 aromatic rings. The lowest BCUT2D eigenvalue weighted by molar-refractivity contribution is 0.131. The molecule has 3 rings (SSSR count). The Bertz CT molecular complexity index is 724. The topological polar surface area (TPSA) is 34.5 Å². The molecule has 0 radical (unpaired) electrons. The van der Waals surface area contributed by atoms with E-state index in [2.05, 4.69) is 29.2 Å². The van der Waals surface area contributed by atoms with Crippen molar-refractivity contribution in [3.63, 3.8) is 0 Å². The summed E-state index contributed by atoms with van der Waals surface area (Å²) >= 11 is 0. The summed E-state index contributed by atoms with van der Waals surface area (Å²) in [6.07, 6.45) is 1.76. The maximum Gasteiger partial charge on any atom is 0.142 e. The molecule has 0 spiro atoms. The number of pyridine rings is 1. The molecule has 3 nitrogen and oxygen atoms in total. The Morgan fingerprint density at radius 2 is 1.65 bits per heavy atom. The standard InChI is InChI=1S/C20H18N2O/c1-16-10-12-17(13-11-16)15-23-22-20(18-7-3-2-4-8-18)19-9-5-6-14-21-19/h2-14H,15H2,1H3. The van der Waals surface area contributed by atoms with E-state index in [-0.39, 0.29) is 0 Å². The van der Waals surface area contributed by atoms with Crippen molar-refractivity contribution >= 4 is 5.71 Å². The van der Waals surface area contributed by atoms with Crippen LogP contribution in [0.15, 0.2) is 84.1 Å². The molecule has 2 aromatic carbocycles. The number of rotatable bonds is 5. The summed E-state index contributed by atoms with van der Waals surface area (Å²) in [6, 6.07) is 23.9. The third kappa shape index (κ3) is 4.04. The van der Waals surface area contributed by atoms with Crippen LogP contribution in [0, 0.1) is 6.92 Å². The Labute approximate surface area is 136 Å². The zero-order chi connectivity index (χ0) is 15.9. The van der Waals surface area contributed by atoms with Crippen LogP contribution in [0.1, 0.15) is 22.4 Å². The van der Waals surface area contributed by atoms with Crippen LogP contribution in [0.4, 0.5) is 0 Å². The van der Waals surface area contributed by atoms with E-state index in [0.29, 0.717) is 6.61 Å². The molecule has 114 valence electrons. The van der Waals surface area contributed by atoms with Gasteiger partial charge in [0, 0.05) is 11.8 Å². The van der Waals surface area contributed by atoms with Crippen molar-refractivity contribution < 1.29 is 4.84 Å². The van der Waals surface area contributed by atoms with Gasteiger partial charge < -0.3 is 4.84 Å². The first-order chi connectivity index (χ1) is 11.3. The Hall–Kier alpha value is -2.94. The molecule has 0 N–H and O–H groups in total. The van der Waals surface area contributed by atoms with Crippen LogP contribution in [-0.4, -0.2) is 10.7 Å². The molecule has 0 bridgehead atoms. The molecule has 1 heterocycles. The summed E-state index contributed by atoms with van der Waals surface area (Å²) in [4.78, 5) is 9.96. The zero-order valence-corrected chi connectivity index (χ0v) is 13.0. The fraction of sp³-hybridized carbons (Fsp3) is 0.100. The van der Waals surface area contributed by atoms with Crippen molar-refractivity contribution in [3.05, 3.63) is 101 Å². The maximum atomic E-state index is 5.58. The van der Waals surface area contributed by atoms with E-state index in [9.17, 15) is 0 Å². The quantitative estimate of drug-likeness (QED) is 0.518. The van der Waals surface area contributed by atoms with E-state index < -0.39 is 0 Å². The Balaban J connectivity index is 1.82. The number of hydrogen-bond acceptors (Lipinski definition) is 3. The normalized spacial score (nSPS) is 11.3. The van der Waals surface area contributed by atoms with E-state index in [1.165, 1.54) is 5.56 Å². The minimum atomic E-state index is 0.434. The SMILES string of the molecule is Cc1ccc(CON=C(c2ccccc2)c2ccccn2)cc1. The van der Waals surface area contributed by atoms with Gasteiger partial charge in [0.2, 0.25) is 0 Å². The summed E-state index contributed by atoms with van der Waals surface area (Å²) < 4.78 is 0. The average molecular weight is 302 g/mol. The second-order valence-corrected chi connectivity index (χ2v) is 5.28. The van der Waals surface area contributed by atoms with Gasteiger partial charge in [-0.25, -0.2) is 0 Å². The third-order valence-electron chi connectivity index (χ3n) is 3.46. The van der Waals surface area contributed by atoms with Gasteiger partial charge in [-0.3, -0.25) is 4.98 Å². The number of hydrogen-bond donors (Lipinski definition) is 0. The molecule has 0 atom stereocenters. The predicted molar refractivity (Wildman–Crippen MR) is 92.3 cm³/mol. The minimum Gasteiger partial charge on any atom is -0.390 e. The van der Waals surface area contributed by atoms with Crippen LogP contribution in [-0.2, 0) is 11.4 Å². The van der Waals surface area contributed by atoms with Gasteiger partial charge in [-0.2, -0.15) is 0 Å². The highest BCUT2D eigenvalue weighted by Gasteiger charge is 2.08. The van der Waals surface area contributed by atoms with Gasteiger partial charge in [-0.15, -0.1) is 0 Å². The Morgan fingerprint density at radius 3 is 2.35 bits per heavy atom. The predicted octanol–water partition coefficient (Wildman–Crippen LogP) is 4.36. The number of aryl methyl sites for hydroxylation is 1.